The molecule has 0 atom stereocenters. The SMILES string of the molecule is CCCCCCCCCCCCCCCCCCC1CCCC1.CCCCCCCCCCCCCCCCCCC1CCCC1.[CH3-].[CH3-].[Fe+3]. The number of rotatable bonds is 34. The smallest absolute Gasteiger partial charge is 0.358 e. The maximum absolute atomic E-state index is 2.30. The summed E-state index contributed by atoms with van der Waals surface area (Å²) in [5.74, 6) is 2.23. The average Bonchev–Trinajstić information content (AvgIpc) is 3.80. The molecule has 0 saturated heterocycles. The summed E-state index contributed by atoms with van der Waals surface area (Å²) in [6.07, 6.45) is 62.8. The summed E-state index contributed by atoms with van der Waals surface area (Å²) >= 11 is 0. The second-order valence-corrected chi connectivity index (χ2v) is 16.5. The zero-order valence-electron chi connectivity index (χ0n) is 35.2. The van der Waals surface area contributed by atoms with Crippen molar-refractivity contribution in [3.05, 3.63) is 14.9 Å². The third kappa shape index (κ3) is 41.1. The minimum atomic E-state index is 0. The van der Waals surface area contributed by atoms with Gasteiger partial charge in [0.25, 0.3) is 0 Å². The van der Waals surface area contributed by atoms with Crippen molar-refractivity contribution >= 4 is 0 Å². The van der Waals surface area contributed by atoms with Crippen molar-refractivity contribution in [3.8, 4) is 0 Å². The third-order valence-electron chi connectivity index (χ3n) is 11.9. The Morgan fingerprint density at radius 2 is 0.429 bits per heavy atom. The summed E-state index contributed by atoms with van der Waals surface area (Å²) in [6.45, 7) is 4.60. The standard InChI is InChI=1S/2C23H46.2CH3.Fe/c2*1-2-3-4-5-6-7-8-9-10-11-12-13-14-15-16-17-20-23-21-18-19-22-23;;;/h2*23H,2-22H2,1H3;2*1H3;/q;;2*-1;+3. The van der Waals surface area contributed by atoms with Crippen LogP contribution >= 0.6 is 0 Å². The molecule has 0 N–H and O–H groups in total. The summed E-state index contributed by atoms with van der Waals surface area (Å²) in [5.41, 5.74) is 0. The molecule has 2 aliphatic rings. The monoisotopic (exact) mass is 731 g/mol. The van der Waals surface area contributed by atoms with E-state index in [4.69, 9.17) is 0 Å². The Morgan fingerprint density at radius 3 is 0.612 bits per heavy atom. The second kappa shape index (κ2) is 46.5. The minimum Gasteiger partial charge on any atom is -0.358 e. The van der Waals surface area contributed by atoms with Crippen molar-refractivity contribution in [1.29, 1.82) is 0 Å². The van der Waals surface area contributed by atoms with Gasteiger partial charge in [0.1, 0.15) is 0 Å². The molecule has 2 rings (SSSR count). The molecule has 297 valence electrons. The van der Waals surface area contributed by atoms with Crippen molar-refractivity contribution in [2.45, 2.75) is 284 Å². The van der Waals surface area contributed by atoms with E-state index in [2.05, 4.69) is 13.8 Å². The molecule has 2 saturated carbocycles. The molecule has 0 aromatic rings. The van der Waals surface area contributed by atoms with Crippen LogP contribution in [-0.4, -0.2) is 0 Å². The van der Waals surface area contributed by atoms with Gasteiger partial charge in [0, 0.05) is 0 Å². The first-order valence-corrected chi connectivity index (χ1v) is 22.9. The predicted molar refractivity (Wildman–Crippen MR) is 225 cm³/mol. The van der Waals surface area contributed by atoms with Gasteiger partial charge in [-0.1, -0.05) is 284 Å². The van der Waals surface area contributed by atoms with Crippen molar-refractivity contribution in [3.63, 3.8) is 0 Å². The first-order chi connectivity index (χ1) is 22.9. The molecule has 0 aliphatic heterocycles. The Labute approximate surface area is 325 Å². The molecular weight excluding hydrogens is 632 g/mol. The summed E-state index contributed by atoms with van der Waals surface area (Å²) < 4.78 is 0. The molecule has 0 aromatic carbocycles. The van der Waals surface area contributed by atoms with Crippen LogP contribution in [0.5, 0.6) is 0 Å². The van der Waals surface area contributed by atoms with E-state index in [0.717, 1.165) is 11.8 Å². The van der Waals surface area contributed by atoms with Gasteiger partial charge in [-0.25, -0.2) is 0 Å². The molecule has 0 heterocycles. The zero-order chi connectivity index (χ0) is 32.9. The Kier molecular flexibility index (Phi) is 51.2. The molecular formula is C48H98Fe+. The summed E-state index contributed by atoms with van der Waals surface area (Å²) in [4.78, 5) is 0. The van der Waals surface area contributed by atoms with Crippen LogP contribution in [0.1, 0.15) is 284 Å². The normalized spacial score (nSPS) is 14.6. The van der Waals surface area contributed by atoms with E-state index in [1.807, 2.05) is 0 Å². The van der Waals surface area contributed by atoms with Gasteiger partial charge in [-0.05, 0) is 11.8 Å². The Bertz CT molecular complexity index is 483. The van der Waals surface area contributed by atoms with Gasteiger partial charge < -0.3 is 14.9 Å². The molecule has 0 unspecified atom stereocenters. The molecule has 2 aliphatic carbocycles. The molecule has 0 spiro atoms. The molecule has 0 nitrogen and oxygen atoms in total. The zero-order valence-corrected chi connectivity index (χ0v) is 36.3. The Hall–Kier alpha value is 0.519. The fraction of sp³-hybridized carbons (Fsp3) is 0.958. The van der Waals surface area contributed by atoms with Crippen LogP contribution in [0.2, 0.25) is 0 Å². The van der Waals surface area contributed by atoms with Gasteiger partial charge in [0.2, 0.25) is 0 Å². The van der Waals surface area contributed by atoms with Gasteiger partial charge in [-0.3, -0.25) is 0 Å². The summed E-state index contributed by atoms with van der Waals surface area (Å²) in [6, 6.07) is 0. The van der Waals surface area contributed by atoms with Crippen LogP contribution in [0, 0.1) is 26.7 Å². The minimum absolute atomic E-state index is 0. The molecule has 0 aromatic heterocycles. The van der Waals surface area contributed by atoms with Crippen molar-refractivity contribution < 1.29 is 17.1 Å². The van der Waals surface area contributed by atoms with Gasteiger partial charge in [0.15, 0.2) is 0 Å². The predicted octanol–water partition coefficient (Wildman–Crippen LogP) is 18.6. The largest absolute Gasteiger partial charge is 3.00 e. The Balaban J connectivity index is -0.000000814. The van der Waals surface area contributed by atoms with Crippen LogP contribution < -0.4 is 0 Å². The average molecular weight is 731 g/mol. The fourth-order valence-corrected chi connectivity index (χ4v) is 8.56. The van der Waals surface area contributed by atoms with E-state index < -0.39 is 0 Å². The molecule has 2 fully saturated rings. The number of hydrogen-bond acceptors (Lipinski definition) is 0. The van der Waals surface area contributed by atoms with Crippen molar-refractivity contribution in [2.75, 3.05) is 0 Å². The Morgan fingerprint density at radius 1 is 0.265 bits per heavy atom. The van der Waals surface area contributed by atoms with E-state index >= 15 is 0 Å². The van der Waals surface area contributed by atoms with Crippen LogP contribution in [-0.2, 0) is 17.1 Å². The van der Waals surface area contributed by atoms with Gasteiger partial charge >= 0.3 is 17.1 Å². The fourth-order valence-electron chi connectivity index (χ4n) is 8.56. The van der Waals surface area contributed by atoms with Crippen LogP contribution in [0.15, 0.2) is 0 Å². The van der Waals surface area contributed by atoms with Crippen molar-refractivity contribution in [2.24, 2.45) is 11.8 Å². The van der Waals surface area contributed by atoms with Crippen LogP contribution in [0.3, 0.4) is 0 Å². The molecule has 0 amide bonds. The molecule has 0 bridgehead atoms. The maximum Gasteiger partial charge on any atom is 3.00 e. The van der Waals surface area contributed by atoms with Crippen molar-refractivity contribution in [1.82, 2.24) is 0 Å². The van der Waals surface area contributed by atoms with Crippen LogP contribution in [0.4, 0.5) is 0 Å². The van der Waals surface area contributed by atoms with E-state index in [0.29, 0.717) is 0 Å². The van der Waals surface area contributed by atoms with Crippen LogP contribution in [0.25, 0.3) is 0 Å². The molecule has 49 heavy (non-hydrogen) atoms. The van der Waals surface area contributed by atoms with E-state index in [1.165, 1.54) is 231 Å². The quantitative estimate of drug-likeness (QED) is 0.0351. The van der Waals surface area contributed by atoms with E-state index in [-0.39, 0.29) is 31.9 Å². The maximum atomic E-state index is 2.30. The van der Waals surface area contributed by atoms with Gasteiger partial charge in [0.05, 0.1) is 0 Å². The molecule has 1 heteroatoms. The number of unbranched alkanes of at least 4 members (excludes halogenated alkanes) is 30. The molecule has 1 radical (unpaired) electrons. The first kappa shape index (κ1) is 53.9. The topological polar surface area (TPSA) is 0 Å². The van der Waals surface area contributed by atoms with E-state index in [9.17, 15) is 0 Å². The number of hydrogen-bond donors (Lipinski definition) is 0. The third-order valence-corrected chi connectivity index (χ3v) is 11.9. The first-order valence-electron chi connectivity index (χ1n) is 22.9. The van der Waals surface area contributed by atoms with E-state index in [1.54, 1.807) is 38.5 Å². The van der Waals surface area contributed by atoms with Gasteiger partial charge in [-0.2, -0.15) is 0 Å². The van der Waals surface area contributed by atoms with Gasteiger partial charge in [-0.15, -0.1) is 0 Å². The second-order valence-electron chi connectivity index (χ2n) is 16.5. The summed E-state index contributed by atoms with van der Waals surface area (Å²) in [5, 5.41) is 0. The summed E-state index contributed by atoms with van der Waals surface area (Å²) in [7, 11) is 0.